The molecule has 2 fully saturated rings. The van der Waals surface area contributed by atoms with Gasteiger partial charge in [0.15, 0.2) is 16.7 Å². The van der Waals surface area contributed by atoms with Crippen molar-refractivity contribution in [1.82, 2.24) is 15.2 Å². The molecule has 7 nitrogen and oxygen atoms in total. The zero-order valence-electron chi connectivity index (χ0n) is 20.8. The van der Waals surface area contributed by atoms with Crippen molar-refractivity contribution < 1.29 is 18.7 Å². The van der Waals surface area contributed by atoms with E-state index >= 15 is 0 Å². The number of thiocarbonyl (C=S) groups is 1. The molecule has 1 aliphatic heterocycles. The number of rotatable bonds is 6. The van der Waals surface area contributed by atoms with Gasteiger partial charge in [-0.25, -0.2) is 4.39 Å². The summed E-state index contributed by atoms with van der Waals surface area (Å²) in [5.41, 5.74) is 1.04. The van der Waals surface area contributed by atoms with Crippen molar-refractivity contribution in [3.63, 3.8) is 0 Å². The summed E-state index contributed by atoms with van der Waals surface area (Å²) >= 11 is 6.55. The van der Waals surface area contributed by atoms with Crippen molar-refractivity contribution >= 4 is 68.8 Å². The fourth-order valence-electron chi connectivity index (χ4n) is 4.95. The van der Waals surface area contributed by atoms with Crippen molar-refractivity contribution in [2.24, 2.45) is 5.92 Å². The summed E-state index contributed by atoms with van der Waals surface area (Å²) in [7, 11) is 0. The van der Waals surface area contributed by atoms with Gasteiger partial charge in [0, 0.05) is 43.5 Å². The van der Waals surface area contributed by atoms with Gasteiger partial charge in [0.1, 0.15) is 5.75 Å². The van der Waals surface area contributed by atoms with E-state index in [1.54, 1.807) is 24.4 Å². The zero-order valence-corrected chi connectivity index (χ0v) is 23.3. The third kappa shape index (κ3) is 6.78. The maximum absolute atomic E-state index is 14.9. The summed E-state index contributed by atoms with van der Waals surface area (Å²) in [6.45, 7) is 1.53. The van der Waals surface area contributed by atoms with Gasteiger partial charge in [0.2, 0.25) is 5.91 Å². The van der Waals surface area contributed by atoms with E-state index in [0.717, 1.165) is 38.8 Å². The number of hydrogen-bond acceptors (Lipinski definition) is 6. The highest BCUT2D eigenvalue weighted by Gasteiger charge is 2.23. The van der Waals surface area contributed by atoms with Gasteiger partial charge in [-0.2, -0.15) is 0 Å². The SMILES string of the molecule is Cl.O=C(CC1CCCCC1)NC(=S)Nc1ccc(Oc2ccnc3cc(C(=O)N4CCCC4)sc23)c(F)c1. The van der Waals surface area contributed by atoms with Crippen molar-refractivity contribution in [2.45, 2.75) is 51.4 Å². The number of nitrogens with one attached hydrogen (secondary N) is 2. The Hall–Kier alpha value is -2.82. The average molecular weight is 577 g/mol. The lowest BCUT2D eigenvalue weighted by atomic mass is 9.87. The van der Waals surface area contributed by atoms with Crippen LogP contribution in [0.3, 0.4) is 0 Å². The lowest BCUT2D eigenvalue weighted by Gasteiger charge is -2.21. The molecule has 3 heterocycles. The van der Waals surface area contributed by atoms with Crippen molar-refractivity contribution in [2.75, 3.05) is 18.4 Å². The van der Waals surface area contributed by atoms with Crippen LogP contribution in [0.1, 0.15) is 61.0 Å². The van der Waals surface area contributed by atoms with Gasteiger partial charge in [-0.3, -0.25) is 14.6 Å². The van der Waals surface area contributed by atoms with Gasteiger partial charge in [-0.05, 0) is 62.0 Å². The average Bonchev–Trinajstić information content (AvgIpc) is 3.57. The Balaban J connectivity index is 0.00000336. The van der Waals surface area contributed by atoms with Crippen LogP contribution in [0.4, 0.5) is 10.1 Å². The monoisotopic (exact) mass is 576 g/mol. The molecule has 0 unspecified atom stereocenters. The Morgan fingerprint density at radius 3 is 2.58 bits per heavy atom. The predicted molar refractivity (Wildman–Crippen MR) is 154 cm³/mol. The Labute approximate surface area is 236 Å². The van der Waals surface area contributed by atoms with E-state index in [0.29, 0.717) is 38.9 Å². The molecule has 0 bridgehead atoms. The second-order valence-electron chi connectivity index (χ2n) is 9.59. The highest BCUT2D eigenvalue weighted by atomic mass is 35.5. The highest BCUT2D eigenvalue weighted by molar-refractivity contribution is 7.80. The summed E-state index contributed by atoms with van der Waals surface area (Å²) in [6.07, 6.45) is 9.80. The van der Waals surface area contributed by atoms with Crippen LogP contribution < -0.4 is 15.4 Å². The largest absolute Gasteiger partial charge is 0.453 e. The summed E-state index contributed by atoms with van der Waals surface area (Å²) in [5.74, 6) is 0.158. The first-order valence-corrected chi connectivity index (χ1v) is 13.9. The van der Waals surface area contributed by atoms with Gasteiger partial charge >= 0.3 is 0 Å². The Morgan fingerprint density at radius 2 is 1.84 bits per heavy atom. The number of fused-ring (bicyclic) bond motifs is 1. The maximum Gasteiger partial charge on any atom is 0.264 e. The molecule has 3 aromatic rings. The fraction of sp³-hybridized carbons (Fsp3) is 0.407. The topological polar surface area (TPSA) is 83.6 Å². The smallest absolute Gasteiger partial charge is 0.264 e. The van der Waals surface area contributed by atoms with Gasteiger partial charge < -0.3 is 20.3 Å². The third-order valence-corrected chi connectivity index (χ3v) is 8.17. The molecule has 11 heteroatoms. The summed E-state index contributed by atoms with van der Waals surface area (Å²) < 4.78 is 21.5. The van der Waals surface area contributed by atoms with E-state index in [1.807, 2.05) is 4.90 Å². The normalized spacial score (nSPS) is 15.7. The fourth-order valence-corrected chi connectivity index (χ4v) is 6.21. The van der Waals surface area contributed by atoms with Gasteiger partial charge in [-0.1, -0.05) is 19.3 Å². The highest BCUT2D eigenvalue weighted by Crippen LogP contribution is 2.37. The number of thiophene rings is 1. The number of carbonyl (C=O) groups is 2. The molecule has 2 amide bonds. The molecule has 1 aliphatic carbocycles. The maximum atomic E-state index is 14.9. The van der Waals surface area contributed by atoms with Crippen LogP contribution in [0.15, 0.2) is 36.5 Å². The molecule has 0 atom stereocenters. The summed E-state index contributed by atoms with van der Waals surface area (Å²) in [6, 6.07) is 7.82. The first kappa shape index (κ1) is 28.2. The van der Waals surface area contributed by atoms with E-state index in [4.69, 9.17) is 17.0 Å². The van der Waals surface area contributed by atoms with Crippen LogP contribution >= 0.6 is 36.0 Å². The van der Waals surface area contributed by atoms with Crippen LogP contribution in [-0.4, -0.2) is 39.9 Å². The number of ether oxygens (including phenoxy) is 1. The van der Waals surface area contributed by atoms with Crippen molar-refractivity contribution in [3.8, 4) is 11.5 Å². The van der Waals surface area contributed by atoms with E-state index in [9.17, 15) is 14.0 Å². The standard InChI is InChI=1S/C27H29FN4O3S2.ClH/c28-19-15-18(30-27(36)31-24(33)14-17-6-2-1-3-7-17)8-9-21(19)35-22-10-11-29-20-16-23(37-25(20)22)26(34)32-12-4-5-13-32;/h8-11,15-17H,1-7,12-14H2,(H2,30,31,33,36);1H. The Kier molecular flexibility index (Phi) is 9.51. The van der Waals surface area contributed by atoms with Crippen LogP contribution in [0.2, 0.25) is 0 Å². The second kappa shape index (κ2) is 12.8. The van der Waals surface area contributed by atoms with E-state index in [-0.39, 0.29) is 35.1 Å². The lowest BCUT2D eigenvalue weighted by molar-refractivity contribution is -0.120. The second-order valence-corrected chi connectivity index (χ2v) is 11.1. The van der Waals surface area contributed by atoms with Crippen LogP contribution in [0, 0.1) is 11.7 Å². The van der Waals surface area contributed by atoms with Gasteiger partial charge in [0.25, 0.3) is 5.91 Å². The minimum Gasteiger partial charge on any atom is -0.453 e. The lowest BCUT2D eigenvalue weighted by Crippen LogP contribution is -2.35. The molecule has 1 aromatic carbocycles. The molecule has 0 radical (unpaired) electrons. The molecule has 1 saturated carbocycles. The number of amides is 2. The molecule has 2 aromatic heterocycles. The Morgan fingerprint density at radius 1 is 1.08 bits per heavy atom. The minimum absolute atomic E-state index is 0. The zero-order chi connectivity index (χ0) is 25.8. The number of benzene rings is 1. The predicted octanol–water partition coefficient (Wildman–Crippen LogP) is 6.67. The van der Waals surface area contributed by atoms with E-state index in [1.165, 1.54) is 42.7 Å². The molecular formula is C27H30ClFN4O3S2. The minimum atomic E-state index is -0.587. The van der Waals surface area contributed by atoms with Crippen LogP contribution in [0.25, 0.3) is 10.2 Å². The molecule has 202 valence electrons. The van der Waals surface area contributed by atoms with Gasteiger partial charge in [0.05, 0.1) is 15.1 Å². The molecule has 0 spiro atoms. The summed E-state index contributed by atoms with van der Waals surface area (Å²) in [5, 5.41) is 5.70. The first-order valence-electron chi connectivity index (χ1n) is 12.7. The summed E-state index contributed by atoms with van der Waals surface area (Å²) in [4.78, 5) is 31.9. The molecule has 5 rings (SSSR count). The number of anilines is 1. The van der Waals surface area contributed by atoms with Crippen molar-refractivity contribution in [3.05, 3.63) is 47.2 Å². The van der Waals surface area contributed by atoms with Crippen LogP contribution in [0.5, 0.6) is 11.5 Å². The van der Waals surface area contributed by atoms with Crippen molar-refractivity contribution in [1.29, 1.82) is 0 Å². The molecule has 2 aliphatic rings. The van der Waals surface area contributed by atoms with E-state index < -0.39 is 5.82 Å². The molecule has 2 N–H and O–H groups in total. The molecule has 38 heavy (non-hydrogen) atoms. The number of pyridine rings is 1. The number of halogens is 2. The molecular weight excluding hydrogens is 547 g/mol. The Bertz CT molecular complexity index is 1320. The number of carbonyl (C=O) groups excluding carboxylic acids is 2. The van der Waals surface area contributed by atoms with E-state index in [2.05, 4.69) is 15.6 Å². The number of aromatic nitrogens is 1. The number of hydrogen-bond donors (Lipinski definition) is 2. The van der Waals surface area contributed by atoms with Crippen LogP contribution in [-0.2, 0) is 4.79 Å². The third-order valence-electron chi connectivity index (χ3n) is 6.84. The molecule has 1 saturated heterocycles. The van der Waals surface area contributed by atoms with Gasteiger partial charge in [-0.15, -0.1) is 23.7 Å². The quantitative estimate of drug-likeness (QED) is 0.319. The number of likely N-dealkylation sites (tertiary alicyclic amines) is 1. The first-order chi connectivity index (χ1) is 18.0. The number of nitrogens with zero attached hydrogens (tertiary/aromatic N) is 2.